The van der Waals surface area contributed by atoms with Gasteiger partial charge in [-0.25, -0.2) is 0 Å². The minimum absolute atomic E-state index is 0.0403. The first-order chi connectivity index (χ1) is 11.8. The summed E-state index contributed by atoms with van der Waals surface area (Å²) in [6.45, 7) is 9.50. The molecule has 1 aliphatic heterocycles. The summed E-state index contributed by atoms with van der Waals surface area (Å²) in [6, 6.07) is 8.12. The number of fused-ring (bicyclic) bond motifs is 1. The van der Waals surface area contributed by atoms with Crippen LogP contribution in [0.2, 0.25) is 0 Å². The van der Waals surface area contributed by atoms with Crippen molar-refractivity contribution < 1.29 is 9.53 Å². The Kier molecular flexibility index (Phi) is 4.84. The van der Waals surface area contributed by atoms with Crippen LogP contribution < -0.4 is 10.1 Å². The molecule has 2 heterocycles. The lowest BCUT2D eigenvalue weighted by Crippen LogP contribution is -2.32. The first-order valence-corrected chi connectivity index (χ1v) is 8.91. The van der Waals surface area contributed by atoms with Crippen LogP contribution in [0.25, 0.3) is 0 Å². The van der Waals surface area contributed by atoms with E-state index in [2.05, 4.69) is 30.3 Å². The summed E-state index contributed by atoms with van der Waals surface area (Å²) >= 11 is 0. The van der Waals surface area contributed by atoms with Crippen LogP contribution in [-0.2, 0) is 24.2 Å². The number of aromatic nitrogens is 2. The maximum atomic E-state index is 12.2. The second-order valence-electron chi connectivity index (χ2n) is 7.48. The van der Waals surface area contributed by atoms with Crippen molar-refractivity contribution in [2.45, 2.75) is 59.1 Å². The average Bonchev–Trinajstić information content (AvgIpc) is 2.85. The predicted molar refractivity (Wildman–Crippen MR) is 97.9 cm³/mol. The highest BCUT2D eigenvalue weighted by atomic mass is 16.5. The van der Waals surface area contributed by atoms with Crippen molar-refractivity contribution in [1.82, 2.24) is 15.1 Å². The van der Waals surface area contributed by atoms with Crippen molar-refractivity contribution in [2.24, 2.45) is 0 Å². The van der Waals surface area contributed by atoms with Crippen molar-refractivity contribution in [2.75, 3.05) is 6.54 Å². The number of hydrogen-bond donors (Lipinski definition) is 1. The molecule has 2 aromatic rings. The molecule has 1 amide bonds. The van der Waals surface area contributed by atoms with E-state index >= 15 is 0 Å². The van der Waals surface area contributed by atoms with Gasteiger partial charge in [0.25, 0.3) is 0 Å². The largest absolute Gasteiger partial charge is 0.488 e. The molecule has 1 aromatic carbocycles. The molecule has 0 unspecified atom stereocenters. The van der Waals surface area contributed by atoms with E-state index < -0.39 is 0 Å². The Bertz CT molecular complexity index is 777. The van der Waals surface area contributed by atoms with Crippen molar-refractivity contribution in [3.63, 3.8) is 0 Å². The molecule has 1 aromatic heterocycles. The highest BCUT2D eigenvalue weighted by Crippen LogP contribution is 2.33. The molecule has 0 fully saturated rings. The van der Waals surface area contributed by atoms with Gasteiger partial charge in [0.2, 0.25) is 5.91 Å². The summed E-state index contributed by atoms with van der Waals surface area (Å²) in [5, 5.41) is 7.38. The van der Waals surface area contributed by atoms with Crippen molar-refractivity contribution in [1.29, 1.82) is 0 Å². The molecule has 0 saturated heterocycles. The summed E-state index contributed by atoms with van der Waals surface area (Å²) in [5.74, 6) is 0.989. The quantitative estimate of drug-likeness (QED) is 0.910. The fourth-order valence-electron chi connectivity index (χ4n) is 3.27. The van der Waals surface area contributed by atoms with E-state index in [0.717, 1.165) is 35.5 Å². The zero-order chi connectivity index (χ0) is 18.0. The number of nitrogens with zero attached hydrogens (tertiary/aromatic N) is 2. The maximum absolute atomic E-state index is 12.2. The zero-order valence-electron chi connectivity index (χ0n) is 15.6. The van der Waals surface area contributed by atoms with Crippen LogP contribution >= 0.6 is 0 Å². The number of nitrogens with one attached hydrogen (secondary N) is 1. The Hall–Kier alpha value is -2.30. The highest BCUT2D eigenvalue weighted by molar-refractivity contribution is 5.78. The van der Waals surface area contributed by atoms with Gasteiger partial charge in [-0.1, -0.05) is 12.1 Å². The van der Waals surface area contributed by atoms with Crippen LogP contribution in [0, 0.1) is 13.8 Å². The molecule has 134 valence electrons. The van der Waals surface area contributed by atoms with Crippen LogP contribution in [0.15, 0.2) is 24.3 Å². The normalized spacial score (nSPS) is 15.4. The van der Waals surface area contributed by atoms with Crippen molar-refractivity contribution in [3.8, 4) is 5.75 Å². The molecular formula is C20H27N3O2. The summed E-state index contributed by atoms with van der Waals surface area (Å²) < 4.78 is 7.92. The molecule has 1 N–H and O–H groups in total. The van der Waals surface area contributed by atoms with Gasteiger partial charge in [-0.2, -0.15) is 5.10 Å². The SMILES string of the molecule is Cc1cc(C)n(CCNC(=O)Cc2ccc3c(c2)CCC(C)(C)O3)n1. The number of aryl methyl sites for hydroxylation is 3. The van der Waals surface area contributed by atoms with E-state index in [-0.39, 0.29) is 11.5 Å². The van der Waals surface area contributed by atoms with Gasteiger partial charge < -0.3 is 10.1 Å². The van der Waals surface area contributed by atoms with Gasteiger partial charge in [0.15, 0.2) is 0 Å². The predicted octanol–water partition coefficient (Wildman–Crippen LogP) is 2.96. The van der Waals surface area contributed by atoms with Gasteiger partial charge in [-0.05, 0) is 63.8 Å². The molecular weight excluding hydrogens is 314 g/mol. The van der Waals surface area contributed by atoms with E-state index in [1.807, 2.05) is 36.7 Å². The van der Waals surface area contributed by atoms with Gasteiger partial charge in [-0.15, -0.1) is 0 Å². The fourth-order valence-corrected chi connectivity index (χ4v) is 3.27. The minimum Gasteiger partial charge on any atom is -0.488 e. The standard InChI is InChI=1S/C20H27N3O2/c1-14-11-15(2)23(22-14)10-9-21-19(24)13-16-5-6-18-17(12-16)7-8-20(3,4)25-18/h5-6,11-12H,7-10,13H2,1-4H3,(H,21,24). The summed E-state index contributed by atoms with van der Waals surface area (Å²) in [7, 11) is 0. The monoisotopic (exact) mass is 341 g/mol. The third kappa shape index (κ3) is 4.41. The molecule has 0 atom stereocenters. The Balaban J connectivity index is 1.52. The van der Waals surface area contributed by atoms with Crippen LogP contribution in [0.3, 0.4) is 0 Å². The van der Waals surface area contributed by atoms with Crippen LogP contribution in [0.1, 0.15) is 42.8 Å². The van der Waals surface area contributed by atoms with Gasteiger partial charge >= 0.3 is 0 Å². The second kappa shape index (κ2) is 6.90. The smallest absolute Gasteiger partial charge is 0.224 e. The summed E-state index contributed by atoms with van der Waals surface area (Å²) in [4.78, 5) is 12.2. The van der Waals surface area contributed by atoms with Crippen LogP contribution in [0.5, 0.6) is 5.75 Å². The van der Waals surface area contributed by atoms with E-state index in [9.17, 15) is 4.79 Å². The van der Waals surface area contributed by atoms with Crippen molar-refractivity contribution in [3.05, 3.63) is 46.8 Å². The van der Waals surface area contributed by atoms with Crippen LogP contribution in [0.4, 0.5) is 0 Å². The number of ether oxygens (including phenoxy) is 1. The Morgan fingerprint density at radius 1 is 1.32 bits per heavy atom. The van der Waals surface area contributed by atoms with Crippen molar-refractivity contribution >= 4 is 5.91 Å². The van der Waals surface area contributed by atoms with Gasteiger partial charge in [0.05, 0.1) is 18.7 Å². The third-order valence-corrected chi connectivity index (χ3v) is 4.62. The topological polar surface area (TPSA) is 56.2 Å². The third-order valence-electron chi connectivity index (χ3n) is 4.62. The molecule has 1 aliphatic rings. The molecule has 0 radical (unpaired) electrons. The molecule has 0 saturated carbocycles. The number of benzene rings is 1. The highest BCUT2D eigenvalue weighted by Gasteiger charge is 2.26. The first-order valence-electron chi connectivity index (χ1n) is 8.91. The summed E-state index contributed by atoms with van der Waals surface area (Å²) in [6.07, 6.45) is 2.39. The number of hydrogen-bond acceptors (Lipinski definition) is 3. The lowest BCUT2D eigenvalue weighted by Gasteiger charge is -2.32. The van der Waals surface area contributed by atoms with Gasteiger partial charge in [-0.3, -0.25) is 9.48 Å². The number of rotatable bonds is 5. The van der Waals surface area contributed by atoms with E-state index in [1.165, 1.54) is 5.56 Å². The molecule has 5 heteroatoms. The molecule has 0 aliphatic carbocycles. The van der Waals surface area contributed by atoms with Gasteiger partial charge in [0.1, 0.15) is 11.4 Å². The average molecular weight is 341 g/mol. The number of carbonyl (C=O) groups is 1. The van der Waals surface area contributed by atoms with Crippen LogP contribution in [-0.4, -0.2) is 27.8 Å². The molecule has 0 bridgehead atoms. The lowest BCUT2D eigenvalue weighted by atomic mass is 9.93. The van der Waals surface area contributed by atoms with E-state index in [4.69, 9.17) is 4.74 Å². The van der Waals surface area contributed by atoms with E-state index in [1.54, 1.807) is 0 Å². The maximum Gasteiger partial charge on any atom is 0.224 e. The van der Waals surface area contributed by atoms with E-state index in [0.29, 0.717) is 19.5 Å². The molecule has 25 heavy (non-hydrogen) atoms. The Labute approximate surface area is 149 Å². The summed E-state index contributed by atoms with van der Waals surface area (Å²) in [5.41, 5.74) is 4.25. The number of amides is 1. The zero-order valence-corrected chi connectivity index (χ0v) is 15.6. The second-order valence-corrected chi connectivity index (χ2v) is 7.48. The fraction of sp³-hybridized carbons (Fsp3) is 0.500. The molecule has 0 spiro atoms. The number of carbonyl (C=O) groups excluding carboxylic acids is 1. The first kappa shape index (κ1) is 17.5. The lowest BCUT2D eigenvalue weighted by molar-refractivity contribution is -0.120. The van der Waals surface area contributed by atoms with Gasteiger partial charge in [0, 0.05) is 12.2 Å². The minimum atomic E-state index is -0.102. The molecule has 5 nitrogen and oxygen atoms in total. The Morgan fingerprint density at radius 3 is 2.84 bits per heavy atom. The Morgan fingerprint density at radius 2 is 2.12 bits per heavy atom. The molecule has 3 rings (SSSR count).